The van der Waals surface area contributed by atoms with E-state index in [-0.39, 0.29) is 0 Å². The average molecular weight is 175 g/mol. The van der Waals surface area contributed by atoms with E-state index in [4.69, 9.17) is 22.2 Å². The maximum absolute atomic E-state index is 5.53. The molecule has 0 saturated carbocycles. The molecule has 0 bridgehead atoms. The van der Waals surface area contributed by atoms with Crippen LogP contribution in [0.4, 0.5) is 0 Å². The van der Waals surface area contributed by atoms with Crippen molar-refractivity contribution in [3.8, 4) is 0 Å². The highest BCUT2D eigenvalue weighted by Gasteiger charge is 2.03. The van der Waals surface area contributed by atoms with Crippen LogP contribution in [0.3, 0.4) is 0 Å². The first kappa shape index (κ1) is 8.15. The Balaban J connectivity index is 2.95. The fraction of sp³-hybridized carbons (Fsp3) is 1.00. The van der Waals surface area contributed by atoms with Crippen LogP contribution < -0.4 is 0 Å². The van der Waals surface area contributed by atoms with Crippen molar-refractivity contribution in [2.45, 2.75) is 18.2 Å². The monoisotopic (exact) mass is 174 g/mol. The molecular weight excluding hydrogens is 167 g/mol. The summed E-state index contributed by atoms with van der Waals surface area (Å²) in [5.41, 5.74) is 0. The van der Waals surface area contributed by atoms with E-state index in [0.29, 0.717) is 5.25 Å². The quantitative estimate of drug-likeness (QED) is 0.370. The van der Waals surface area contributed by atoms with Gasteiger partial charge >= 0.3 is 0 Å². The Bertz CT molecular complexity index is 42.2. The highest BCUT2D eigenvalue weighted by atomic mass is 35.7. The first-order chi connectivity index (χ1) is 3.13. The summed E-state index contributed by atoms with van der Waals surface area (Å²) < 4.78 is 0. The molecule has 0 N–H and O–H groups in total. The third-order valence-electron chi connectivity index (χ3n) is 0.519. The molecule has 7 heavy (non-hydrogen) atoms. The Kier molecular flexibility index (Phi) is 4.74. The normalized spacial score (nSPS) is 15.0. The zero-order chi connectivity index (χ0) is 5.86. The maximum atomic E-state index is 5.53. The van der Waals surface area contributed by atoms with E-state index in [1.165, 1.54) is 0 Å². The molecule has 0 amide bonds. The largest absolute Gasteiger partial charge is 0.238 e. The summed E-state index contributed by atoms with van der Waals surface area (Å²) in [6.45, 7) is 1.99. The molecule has 0 aliphatic heterocycles. The van der Waals surface area contributed by atoms with Gasteiger partial charge in [0.2, 0.25) is 7.42 Å². The first-order valence-corrected chi connectivity index (χ1v) is 6.91. The van der Waals surface area contributed by atoms with Crippen molar-refractivity contribution >= 4 is 42.2 Å². The van der Waals surface area contributed by atoms with Crippen LogP contribution in [0.25, 0.3) is 0 Å². The molecule has 1 atom stereocenters. The Morgan fingerprint density at radius 1 is 1.71 bits per heavy atom. The van der Waals surface area contributed by atoms with Gasteiger partial charge in [0.1, 0.15) is 0 Å². The smallest absolute Gasteiger partial charge is 0.176 e. The summed E-state index contributed by atoms with van der Waals surface area (Å²) >= 11 is 15.2. The molecule has 0 fully saturated rings. The minimum Gasteiger partial charge on any atom is -0.176 e. The third kappa shape index (κ3) is 7.15. The van der Waals surface area contributed by atoms with Gasteiger partial charge < -0.3 is 0 Å². The van der Waals surface area contributed by atoms with Crippen LogP contribution in [0.2, 0.25) is 6.04 Å². The second-order valence-corrected chi connectivity index (χ2v) is 7.44. The number of halogens is 2. The fourth-order valence-electron chi connectivity index (χ4n) is 0.258. The van der Waals surface area contributed by atoms with E-state index in [1.807, 2.05) is 6.92 Å². The highest BCUT2D eigenvalue weighted by molar-refractivity contribution is 7.81. The van der Waals surface area contributed by atoms with Crippen molar-refractivity contribution in [1.29, 1.82) is 0 Å². The molecule has 0 spiro atoms. The second-order valence-electron chi connectivity index (χ2n) is 1.48. The highest BCUT2D eigenvalue weighted by Crippen LogP contribution is 2.09. The van der Waals surface area contributed by atoms with Gasteiger partial charge in [-0.2, -0.15) is 34.8 Å². The van der Waals surface area contributed by atoms with Crippen LogP contribution in [0.15, 0.2) is 0 Å². The molecule has 0 aliphatic rings. The summed E-state index contributed by atoms with van der Waals surface area (Å²) in [5, 5.41) is 0.367. The van der Waals surface area contributed by atoms with Crippen LogP contribution in [-0.2, 0) is 0 Å². The molecule has 0 aromatic carbocycles. The summed E-state index contributed by atoms with van der Waals surface area (Å²) in [7, 11) is -1.36. The molecule has 0 nitrogen and oxygen atoms in total. The Morgan fingerprint density at radius 3 is 2.14 bits per heavy atom. The number of rotatable bonds is 2. The van der Waals surface area contributed by atoms with Crippen LogP contribution in [0.5, 0.6) is 0 Å². The summed E-state index contributed by atoms with van der Waals surface area (Å²) in [6, 6.07) is 0.895. The van der Waals surface area contributed by atoms with E-state index >= 15 is 0 Å². The van der Waals surface area contributed by atoms with E-state index in [0.717, 1.165) is 6.04 Å². The van der Waals surface area contributed by atoms with Crippen molar-refractivity contribution < 1.29 is 0 Å². The molecule has 44 valence electrons. The molecule has 0 rings (SSSR count). The molecule has 0 saturated heterocycles. The zero-order valence-electron chi connectivity index (χ0n) is 4.06. The van der Waals surface area contributed by atoms with E-state index in [2.05, 4.69) is 12.6 Å². The standard InChI is InChI=1S/C3H8Cl2SSi/c1-3(6)2-7(4)5/h3,6-7H,2H2,1H3. The first-order valence-electron chi connectivity index (χ1n) is 2.09. The van der Waals surface area contributed by atoms with Crippen LogP contribution >= 0.6 is 34.8 Å². The predicted octanol–water partition coefficient (Wildman–Crippen LogP) is 2.00. The number of hydrogen-bond acceptors (Lipinski definition) is 1. The molecular formula is C3H8Cl2SSi. The lowest BCUT2D eigenvalue weighted by Gasteiger charge is -1.99. The Morgan fingerprint density at radius 2 is 2.14 bits per heavy atom. The Labute approximate surface area is 60.6 Å². The molecule has 0 aromatic rings. The van der Waals surface area contributed by atoms with E-state index in [1.54, 1.807) is 0 Å². The van der Waals surface area contributed by atoms with Crippen molar-refractivity contribution in [3.63, 3.8) is 0 Å². The van der Waals surface area contributed by atoms with E-state index < -0.39 is 7.42 Å². The van der Waals surface area contributed by atoms with Gasteiger partial charge in [0, 0.05) is 0 Å². The summed E-state index contributed by atoms with van der Waals surface area (Å²) in [5.74, 6) is 0. The molecule has 0 aliphatic carbocycles. The zero-order valence-corrected chi connectivity index (χ0v) is 7.63. The number of hydrogen-bond donors (Lipinski definition) is 1. The van der Waals surface area contributed by atoms with Crippen LogP contribution in [0, 0.1) is 0 Å². The van der Waals surface area contributed by atoms with Crippen LogP contribution in [-0.4, -0.2) is 12.7 Å². The molecule has 1 unspecified atom stereocenters. The fourth-order valence-corrected chi connectivity index (χ4v) is 3.75. The predicted molar refractivity (Wildman–Crippen MR) is 42.1 cm³/mol. The van der Waals surface area contributed by atoms with Gasteiger partial charge in [0.15, 0.2) is 0 Å². The van der Waals surface area contributed by atoms with Gasteiger partial charge in [-0.3, -0.25) is 0 Å². The van der Waals surface area contributed by atoms with Crippen molar-refractivity contribution in [3.05, 3.63) is 0 Å². The van der Waals surface area contributed by atoms with Crippen molar-refractivity contribution in [1.82, 2.24) is 0 Å². The SMILES string of the molecule is CC(S)C[SiH](Cl)Cl. The van der Waals surface area contributed by atoms with Gasteiger partial charge in [-0.25, -0.2) is 0 Å². The summed E-state index contributed by atoms with van der Waals surface area (Å²) in [6.07, 6.45) is 0. The summed E-state index contributed by atoms with van der Waals surface area (Å²) in [4.78, 5) is 0. The second kappa shape index (κ2) is 4.07. The lowest BCUT2D eigenvalue weighted by Crippen LogP contribution is -1.99. The lowest BCUT2D eigenvalue weighted by molar-refractivity contribution is 1.11. The average Bonchev–Trinajstić information content (AvgIpc) is 1.27. The Hall–Kier alpha value is 1.15. The molecule has 0 aromatic heterocycles. The molecule has 4 heteroatoms. The molecule has 0 radical (unpaired) electrons. The van der Waals surface area contributed by atoms with Gasteiger partial charge in [-0.15, -0.1) is 0 Å². The topological polar surface area (TPSA) is 0 Å². The van der Waals surface area contributed by atoms with Crippen LogP contribution in [0.1, 0.15) is 6.92 Å². The van der Waals surface area contributed by atoms with Gasteiger partial charge in [0.05, 0.1) is 0 Å². The van der Waals surface area contributed by atoms with Gasteiger partial charge in [-0.1, -0.05) is 6.92 Å². The number of thiol groups is 1. The van der Waals surface area contributed by atoms with Gasteiger partial charge in [-0.05, 0) is 11.3 Å². The molecule has 0 heterocycles. The lowest BCUT2D eigenvalue weighted by atomic mass is 10.6. The minimum absolute atomic E-state index is 0.367. The maximum Gasteiger partial charge on any atom is 0.238 e. The van der Waals surface area contributed by atoms with Gasteiger partial charge in [0.25, 0.3) is 0 Å². The minimum atomic E-state index is -1.36. The van der Waals surface area contributed by atoms with Crippen molar-refractivity contribution in [2.24, 2.45) is 0 Å². The third-order valence-corrected chi connectivity index (χ3v) is 3.26. The van der Waals surface area contributed by atoms with Crippen molar-refractivity contribution in [2.75, 3.05) is 0 Å². The van der Waals surface area contributed by atoms with E-state index in [9.17, 15) is 0 Å².